The highest BCUT2D eigenvalue weighted by Gasteiger charge is 2.47. The maximum Gasteiger partial charge on any atom is 0.416 e. The number of rotatable bonds is 3. The molecule has 0 saturated carbocycles. The maximum atomic E-state index is 13.7. The second kappa shape index (κ2) is 5.96. The molecule has 1 aromatic rings. The second-order valence-corrected chi connectivity index (χ2v) is 7.94. The van der Waals surface area contributed by atoms with Gasteiger partial charge in [-0.1, -0.05) is 0 Å². The molecule has 3 aliphatic rings. The van der Waals surface area contributed by atoms with Crippen molar-refractivity contribution in [2.45, 2.75) is 57.5 Å². The van der Waals surface area contributed by atoms with Crippen LogP contribution in [-0.2, 0) is 24.0 Å². The predicted molar refractivity (Wildman–Crippen MR) is 89.6 cm³/mol. The highest BCUT2D eigenvalue weighted by molar-refractivity contribution is 5.99. The van der Waals surface area contributed by atoms with Gasteiger partial charge < -0.3 is 9.64 Å². The lowest BCUT2D eigenvalue weighted by Crippen LogP contribution is -2.58. The van der Waals surface area contributed by atoms with Gasteiger partial charge in [-0.15, -0.1) is 0 Å². The smallest absolute Gasteiger partial charge is 0.377 e. The zero-order valence-corrected chi connectivity index (χ0v) is 15.0. The van der Waals surface area contributed by atoms with E-state index in [0.29, 0.717) is 25.3 Å². The Morgan fingerprint density at radius 3 is 2.58 bits per heavy atom. The Hall–Kier alpha value is -1.60. The van der Waals surface area contributed by atoms with Crippen LogP contribution in [0.2, 0.25) is 0 Å². The lowest BCUT2D eigenvalue weighted by Gasteiger charge is -2.45. The molecule has 4 rings (SSSR count). The molecule has 0 bridgehead atoms. The molecule has 26 heavy (non-hydrogen) atoms. The standard InChI is InChI=1S/C19H23F3N2O2/c1-12(2)24-9-15-14(17(24)25)6-13(7-16(15)19(20,21)22)8-23-5-3-4-18(23)10-26-11-18/h6-7,12H,3-5,8-11H2,1-2H3. The Balaban J connectivity index is 1.70. The van der Waals surface area contributed by atoms with Crippen molar-refractivity contribution in [2.75, 3.05) is 19.8 Å². The summed E-state index contributed by atoms with van der Waals surface area (Å²) in [6.07, 6.45) is -2.42. The molecule has 0 unspecified atom stereocenters. The minimum Gasteiger partial charge on any atom is -0.377 e. The van der Waals surface area contributed by atoms with Gasteiger partial charge in [-0.05, 0) is 56.5 Å². The fraction of sp³-hybridized carbons (Fsp3) is 0.632. The monoisotopic (exact) mass is 368 g/mol. The van der Waals surface area contributed by atoms with E-state index in [-0.39, 0.29) is 35.2 Å². The summed E-state index contributed by atoms with van der Waals surface area (Å²) in [4.78, 5) is 16.3. The second-order valence-electron chi connectivity index (χ2n) is 7.94. The summed E-state index contributed by atoms with van der Waals surface area (Å²) in [7, 11) is 0. The number of hydrogen-bond acceptors (Lipinski definition) is 3. The van der Waals surface area contributed by atoms with Crippen molar-refractivity contribution >= 4 is 5.91 Å². The lowest BCUT2D eigenvalue weighted by atomic mass is 9.93. The number of amides is 1. The molecule has 0 aliphatic carbocycles. The van der Waals surface area contributed by atoms with Crippen LogP contribution in [0.1, 0.15) is 53.7 Å². The quantitative estimate of drug-likeness (QED) is 0.820. The van der Waals surface area contributed by atoms with Gasteiger partial charge in [0.15, 0.2) is 0 Å². The van der Waals surface area contributed by atoms with Crippen molar-refractivity contribution in [1.29, 1.82) is 0 Å². The Labute approximate surface area is 150 Å². The van der Waals surface area contributed by atoms with Crippen LogP contribution in [0.3, 0.4) is 0 Å². The van der Waals surface area contributed by atoms with E-state index in [2.05, 4.69) is 4.90 Å². The van der Waals surface area contributed by atoms with E-state index in [9.17, 15) is 18.0 Å². The van der Waals surface area contributed by atoms with Crippen molar-refractivity contribution in [3.63, 3.8) is 0 Å². The fourth-order valence-electron chi connectivity index (χ4n) is 4.38. The Bertz CT molecular complexity index is 741. The molecule has 2 saturated heterocycles. The van der Waals surface area contributed by atoms with E-state index in [1.165, 1.54) is 11.0 Å². The van der Waals surface area contributed by atoms with Gasteiger partial charge in [0.25, 0.3) is 5.91 Å². The summed E-state index contributed by atoms with van der Waals surface area (Å²) in [5.74, 6) is -0.300. The van der Waals surface area contributed by atoms with Crippen LogP contribution < -0.4 is 0 Å². The van der Waals surface area contributed by atoms with Gasteiger partial charge in [-0.3, -0.25) is 9.69 Å². The van der Waals surface area contributed by atoms with E-state index in [0.717, 1.165) is 19.4 Å². The zero-order chi connectivity index (χ0) is 18.7. The summed E-state index contributed by atoms with van der Waals surface area (Å²) in [5.41, 5.74) is 0.193. The molecule has 0 atom stereocenters. The van der Waals surface area contributed by atoms with Gasteiger partial charge >= 0.3 is 6.18 Å². The SMILES string of the molecule is CC(C)N1Cc2c(cc(CN3CCCC34COC4)cc2C(F)(F)F)C1=O. The number of halogens is 3. The average molecular weight is 368 g/mol. The van der Waals surface area contributed by atoms with Gasteiger partial charge in [0.2, 0.25) is 0 Å². The molecule has 1 amide bonds. The molecular formula is C19H23F3N2O2. The average Bonchev–Trinajstić information content (AvgIpc) is 3.08. The van der Waals surface area contributed by atoms with Crippen molar-refractivity contribution in [3.05, 3.63) is 34.4 Å². The number of fused-ring (bicyclic) bond motifs is 1. The molecule has 3 heterocycles. The number of ether oxygens (including phenoxy) is 1. The highest BCUT2D eigenvalue weighted by atomic mass is 19.4. The van der Waals surface area contributed by atoms with Crippen LogP contribution in [0.5, 0.6) is 0 Å². The van der Waals surface area contributed by atoms with E-state index in [1.807, 2.05) is 13.8 Å². The largest absolute Gasteiger partial charge is 0.416 e. The minimum absolute atomic E-state index is 0.0224. The number of carbonyl (C=O) groups is 1. The summed E-state index contributed by atoms with van der Waals surface area (Å²) in [6, 6.07) is 2.77. The molecule has 1 aromatic carbocycles. The number of hydrogen-bond donors (Lipinski definition) is 0. The van der Waals surface area contributed by atoms with E-state index in [4.69, 9.17) is 4.74 Å². The van der Waals surface area contributed by atoms with Crippen LogP contribution in [0.15, 0.2) is 12.1 Å². The van der Waals surface area contributed by atoms with Crippen LogP contribution >= 0.6 is 0 Å². The third-order valence-corrected chi connectivity index (χ3v) is 5.91. The summed E-state index contributed by atoms with van der Waals surface area (Å²) in [5, 5.41) is 0. The molecule has 1 spiro atoms. The van der Waals surface area contributed by atoms with Gasteiger partial charge in [-0.2, -0.15) is 13.2 Å². The predicted octanol–water partition coefficient (Wildman–Crippen LogP) is 3.43. The van der Waals surface area contributed by atoms with Crippen molar-refractivity contribution < 1.29 is 22.7 Å². The van der Waals surface area contributed by atoms with Crippen LogP contribution in [0, 0.1) is 0 Å². The number of carbonyl (C=O) groups excluding carboxylic acids is 1. The topological polar surface area (TPSA) is 32.8 Å². The Morgan fingerprint density at radius 1 is 1.27 bits per heavy atom. The van der Waals surface area contributed by atoms with Gasteiger partial charge in [-0.25, -0.2) is 0 Å². The van der Waals surface area contributed by atoms with E-state index in [1.54, 1.807) is 6.07 Å². The van der Waals surface area contributed by atoms with Crippen molar-refractivity contribution in [1.82, 2.24) is 9.80 Å². The van der Waals surface area contributed by atoms with Crippen LogP contribution in [-0.4, -0.2) is 47.0 Å². The van der Waals surface area contributed by atoms with Gasteiger partial charge in [0.05, 0.1) is 24.3 Å². The summed E-state index contributed by atoms with van der Waals surface area (Å²) >= 11 is 0. The Kier molecular flexibility index (Phi) is 4.08. The molecule has 4 nitrogen and oxygen atoms in total. The van der Waals surface area contributed by atoms with Gasteiger partial charge in [0, 0.05) is 24.7 Å². The first-order valence-electron chi connectivity index (χ1n) is 9.08. The third kappa shape index (κ3) is 2.72. The molecule has 3 aliphatic heterocycles. The van der Waals surface area contributed by atoms with Crippen LogP contribution in [0.4, 0.5) is 13.2 Å². The number of nitrogens with zero attached hydrogens (tertiary/aromatic N) is 2. The number of alkyl halides is 3. The Morgan fingerprint density at radius 2 is 2.00 bits per heavy atom. The molecule has 0 radical (unpaired) electrons. The maximum absolute atomic E-state index is 13.7. The van der Waals surface area contributed by atoms with E-state index >= 15 is 0 Å². The molecular weight excluding hydrogens is 345 g/mol. The van der Waals surface area contributed by atoms with Crippen molar-refractivity contribution in [2.24, 2.45) is 0 Å². The highest BCUT2D eigenvalue weighted by Crippen LogP contribution is 2.41. The van der Waals surface area contributed by atoms with Gasteiger partial charge in [0.1, 0.15) is 0 Å². The first-order valence-corrected chi connectivity index (χ1v) is 9.08. The third-order valence-electron chi connectivity index (χ3n) is 5.91. The van der Waals surface area contributed by atoms with Crippen molar-refractivity contribution in [3.8, 4) is 0 Å². The number of benzene rings is 1. The molecule has 2 fully saturated rings. The number of likely N-dealkylation sites (tertiary alicyclic amines) is 1. The molecule has 0 aromatic heterocycles. The molecule has 0 N–H and O–H groups in total. The fourth-order valence-corrected chi connectivity index (χ4v) is 4.38. The molecule has 142 valence electrons. The summed E-state index contributed by atoms with van der Waals surface area (Å²) < 4.78 is 46.3. The normalized spacial score (nSPS) is 22.4. The molecule has 7 heteroatoms. The zero-order valence-electron chi connectivity index (χ0n) is 15.0. The first-order chi connectivity index (χ1) is 12.2. The minimum atomic E-state index is -4.46. The first kappa shape index (κ1) is 17.8. The summed E-state index contributed by atoms with van der Waals surface area (Å²) in [6.45, 7) is 6.24. The lowest BCUT2D eigenvalue weighted by molar-refractivity contribution is -0.138. The van der Waals surface area contributed by atoms with E-state index < -0.39 is 11.7 Å². The van der Waals surface area contributed by atoms with Crippen LogP contribution in [0.25, 0.3) is 0 Å².